The normalized spacial score (nSPS) is 14.6. The topological polar surface area (TPSA) is 52.6 Å². The Labute approximate surface area is 159 Å². The molecule has 1 atom stereocenters. The first-order chi connectivity index (χ1) is 11.9. The summed E-state index contributed by atoms with van der Waals surface area (Å²) in [5.41, 5.74) is 0.595. The third-order valence-corrected chi connectivity index (χ3v) is 4.06. The lowest BCUT2D eigenvalue weighted by Crippen LogP contribution is -2.39. The number of hydrogen-bond acceptors (Lipinski definition) is 4. The van der Waals surface area contributed by atoms with Gasteiger partial charge in [0.1, 0.15) is 5.60 Å². The van der Waals surface area contributed by atoms with Gasteiger partial charge in [-0.3, -0.25) is 9.59 Å². The van der Waals surface area contributed by atoms with Gasteiger partial charge in [-0.1, -0.05) is 37.3 Å². The van der Waals surface area contributed by atoms with Crippen molar-refractivity contribution in [2.24, 2.45) is 11.3 Å². The number of hydrogen-bond donors (Lipinski definition) is 0. The van der Waals surface area contributed by atoms with Crippen LogP contribution in [0.25, 0.3) is 0 Å². The van der Waals surface area contributed by atoms with Gasteiger partial charge in [0.2, 0.25) is 0 Å². The van der Waals surface area contributed by atoms with Crippen molar-refractivity contribution in [3.05, 3.63) is 36.0 Å². The number of allylic oxidation sites excluding steroid dienone is 4. The molecule has 0 N–H and O–H groups in total. The largest absolute Gasteiger partial charge is 0.466 e. The van der Waals surface area contributed by atoms with E-state index in [0.717, 1.165) is 17.6 Å². The van der Waals surface area contributed by atoms with E-state index in [2.05, 4.69) is 6.58 Å². The summed E-state index contributed by atoms with van der Waals surface area (Å²) < 4.78 is 10.6. The van der Waals surface area contributed by atoms with Gasteiger partial charge in [-0.2, -0.15) is 0 Å². The highest BCUT2D eigenvalue weighted by molar-refractivity contribution is 5.77. The molecule has 0 heterocycles. The summed E-state index contributed by atoms with van der Waals surface area (Å²) in [7, 11) is 0. The van der Waals surface area contributed by atoms with Crippen LogP contribution in [0.15, 0.2) is 36.0 Å². The molecule has 0 aromatic heterocycles. The Kier molecular flexibility index (Phi) is 9.61. The second kappa shape index (κ2) is 10.3. The van der Waals surface area contributed by atoms with E-state index >= 15 is 0 Å². The Morgan fingerprint density at radius 2 is 1.69 bits per heavy atom. The maximum Gasteiger partial charge on any atom is 0.312 e. The second-order valence-electron chi connectivity index (χ2n) is 8.06. The fraction of sp³-hybridized carbons (Fsp3) is 0.636. The van der Waals surface area contributed by atoms with Gasteiger partial charge in [-0.15, -0.1) is 0 Å². The molecule has 0 saturated carbocycles. The lowest BCUT2D eigenvalue weighted by Gasteiger charge is -2.35. The van der Waals surface area contributed by atoms with Crippen molar-refractivity contribution < 1.29 is 19.1 Å². The van der Waals surface area contributed by atoms with E-state index in [9.17, 15) is 9.59 Å². The van der Waals surface area contributed by atoms with Gasteiger partial charge in [0.25, 0.3) is 0 Å². The molecule has 26 heavy (non-hydrogen) atoms. The SMILES string of the molecule is C=C/C=C(/C=C(\C)CC(=O)OCC)C(CC)C(C)(C)C(=O)OC(C)(C)C. The quantitative estimate of drug-likeness (QED) is 0.406. The standard InChI is InChI=1S/C22H36O4/c1-10-13-17(14-16(4)15-19(23)25-12-3)18(11-2)22(8,9)20(24)26-21(5,6)7/h10,13-14,18H,1,11-12,15H2,2-9H3/b16-14+,17-13-. The minimum absolute atomic E-state index is 0.0625. The Balaban J connectivity index is 5.66. The smallest absolute Gasteiger partial charge is 0.312 e. The van der Waals surface area contributed by atoms with Crippen molar-refractivity contribution in [3.63, 3.8) is 0 Å². The highest BCUT2D eigenvalue weighted by atomic mass is 16.6. The lowest BCUT2D eigenvalue weighted by molar-refractivity contribution is -0.168. The number of carbonyl (C=O) groups is 2. The summed E-state index contributed by atoms with van der Waals surface area (Å²) in [6.07, 6.45) is 6.55. The van der Waals surface area contributed by atoms with Crippen LogP contribution in [0.3, 0.4) is 0 Å². The van der Waals surface area contributed by atoms with Gasteiger partial charge in [-0.05, 0) is 66.4 Å². The summed E-state index contributed by atoms with van der Waals surface area (Å²) in [5.74, 6) is -0.547. The zero-order chi connectivity index (χ0) is 20.5. The van der Waals surface area contributed by atoms with E-state index in [0.29, 0.717) is 6.61 Å². The second-order valence-corrected chi connectivity index (χ2v) is 8.06. The zero-order valence-electron chi connectivity index (χ0n) is 17.8. The zero-order valence-corrected chi connectivity index (χ0v) is 17.8. The maximum absolute atomic E-state index is 12.8. The van der Waals surface area contributed by atoms with Gasteiger partial charge < -0.3 is 9.47 Å². The highest BCUT2D eigenvalue weighted by Crippen LogP contribution is 2.38. The minimum Gasteiger partial charge on any atom is -0.466 e. The first-order valence-corrected chi connectivity index (χ1v) is 9.27. The molecule has 0 aliphatic carbocycles. The average Bonchev–Trinajstić information content (AvgIpc) is 2.45. The van der Waals surface area contributed by atoms with Gasteiger partial charge in [0.15, 0.2) is 0 Å². The molecule has 148 valence electrons. The van der Waals surface area contributed by atoms with Gasteiger partial charge in [0, 0.05) is 0 Å². The van der Waals surface area contributed by atoms with E-state index in [-0.39, 0.29) is 24.3 Å². The summed E-state index contributed by atoms with van der Waals surface area (Å²) in [5, 5.41) is 0. The molecule has 0 saturated heterocycles. The highest BCUT2D eigenvalue weighted by Gasteiger charge is 2.40. The van der Waals surface area contributed by atoms with Crippen LogP contribution in [0.5, 0.6) is 0 Å². The van der Waals surface area contributed by atoms with Gasteiger partial charge in [0.05, 0.1) is 18.4 Å². The van der Waals surface area contributed by atoms with Gasteiger partial charge in [-0.25, -0.2) is 0 Å². The molecule has 0 aromatic rings. The molecule has 0 aliphatic rings. The van der Waals surface area contributed by atoms with Crippen LogP contribution in [0.1, 0.15) is 68.2 Å². The van der Waals surface area contributed by atoms with E-state index in [1.807, 2.05) is 60.6 Å². The van der Waals surface area contributed by atoms with E-state index < -0.39 is 11.0 Å². The number of rotatable bonds is 9. The number of ether oxygens (including phenoxy) is 2. The van der Waals surface area contributed by atoms with Crippen LogP contribution < -0.4 is 0 Å². The van der Waals surface area contributed by atoms with Crippen molar-refractivity contribution in [3.8, 4) is 0 Å². The van der Waals surface area contributed by atoms with Crippen LogP contribution in [-0.2, 0) is 19.1 Å². The Morgan fingerprint density at radius 3 is 2.12 bits per heavy atom. The first-order valence-electron chi connectivity index (χ1n) is 9.27. The minimum atomic E-state index is -0.711. The molecule has 0 amide bonds. The van der Waals surface area contributed by atoms with Crippen LogP contribution in [0.2, 0.25) is 0 Å². The Morgan fingerprint density at radius 1 is 1.12 bits per heavy atom. The molecule has 4 nitrogen and oxygen atoms in total. The third kappa shape index (κ3) is 8.03. The first kappa shape index (κ1) is 24.2. The van der Waals surface area contributed by atoms with Crippen molar-refractivity contribution >= 4 is 11.9 Å². The molecule has 0 radical (unpaired) electrons. The molecule has 0 fully saturated rings. The molecule has 1 unspecified atom stereocenters. The van der Waals surface area contributed by atoms with E-state index in [4.69, 9.17) is 9.47 Å². The fourth-order valence-electron chi connectivity index (χ4n) is 2.89. The molecule has 0 spiro atoms. The van der Waals surface area contributed by atoms with Crippen molar-refractivity contribution in [2.45, 2.75) is 73.8 Å². The summed E-state index contributed by atoms with van der Waals surface area (Å²) >= 11 is 0. The fourth-order valence-corrected chi connectivity index (χ4v) is 2.89. The Hall–Kier alpha value is -1.84. The predicted octanol–water partition coefficient (Wildman–Crippen LogP) is 5.39. The Bertz CT molecular complexity index is 559. The summed E-state index contributed by atoms with van der Waals surface area (Å²) in [6, 6.07) is 0. The summed E-state index contributed by atoms with van der Waals surface area (Å²) in [6.45, 7) is 19.3. The summed E-state index contributed by atoms with van der Waals surface area (Å²) in [4.78, 5) is 24.5. The molecule has 0 rings (SSSR count). The van der Waals surface area contributed by atoms with Crippen LogP contribution in [-0.4, -0.2) is 24.1 Å². The molecule has 0 bridgehead atoms. The van der Waals surface area contributed by atoms with Crippen molar-refractivity contribution in [1.29, 1.82) is 0 Å². The number of carbonyl (C=O) groups excluding carboxylic acids is 2. The van der Waals surface area contributed by atoms with Crippen LogP contribution >= 0.6 is 0 Å². The lowest BCUT2D eigenvalue weighted by atomic mass is 9.72. The van der Waals surface area contributed by atoms with Crippen LogP contribution in [0.4, 0.5) is 0 Å². The maximum atomic E-state index is 12.8. The molecule has 0 aliphatic heterocycles. The molecule has 4 heteroatoms. The van der Waals surface area contributed by atoms with Crippen LogP contribution in [0, 0.1) is 11.3 Å². The average molecular weight is 365 g/mol. The number of esters is 2. The molecular formula is C22H36O4. The molecular weight excluding hydrogens is 328 g/mol. The predicted molar refractivity (Wildman–Crippen MR) is 107 cm³/mol. The van der Waals surface area contributed by atoms with Gasteiger partial charge >= 0.3 is 11.9 Å². The van der Waals surface area contributed by atoms with Crippen molar-refractivity contribution in [1.82, 2.24) is 0 Å². The van der Waals surface area contributed by atoms with Crippen molar-refractivity contribution in [2.75, 3.05) is 6.61 Å². The molecule has 0 aromatic carbocycles. The van der Waals surface area contributed by atoms with E-state index in [1.54, 1.807) is 13.0 Å². The van der Waals surface area contributed by atoms with E-state index in [1.165, 1.54) is 0 Å². The monoisotopic (exact) mass is 364 g/mol. The third-order valence-electron chi connectivity index (χ3n) is 4.06.